The lowest BCUT2D eigenvalue weighted by Gasteiger charge is -2.21. The highest BCUT2D eigenvalue weighted by molar-refractivity contribution is 7.89. The predicted molar refractivity (Wildman–Crippen MR) is 65.8 cm³/mol. The van der Waals surface area contributed by atoms with E-state index in [1.807, 2.05) is 0 Å². The molecule has 1 aromatic rings. The molecule has 19 heavy (non-hydrogen) atoms. The fourth-order valence-corrected chi connectivity index (χ4v) is 3.68. The van der Waals surface area contributed by atoms with Crippen molar-refractivity contribution in [2.24, 2.45) is 0 Å². The molecule has 1 unspecified atom stereocenters. The molecule has 1 saturated heterocycles. The zero-order valence-corrected chi connectivity index (χ0v) is 11.0. The van der Waals surface area contributed by atoms with Crippen LogP contribution in [0.1, 0.15) is 19.8 Å². The molecule has 7 nitrogen and oxygen atoms in total. The van der Waals surface area contributed by atoms with E-state index in [2.05, 4.69) is 0 Å². The van der Waals surface area contributed by atoms with Crippen LogP contribution in [0.5, 0.6) is 0 Å². The number of benzene rings is 1. The largest absolute Gasteiger partial charge is 0.274 e. The van der Waals surface area contributed by atoms with Gasteiger partial charge in [-0.25, -0.2) is 12.7 Å². The van der Waals surface area contributed by atoms with Crippen molar-refractivity contribution in [2.75, 3.05) is 0 Å². The third-order valence-electron chi connectivity index (χ3n) is 3.03. The van der Waals surface area contributed by atoms with Crippen LogP contribution in [0.2, 0.25) is 0 Å². The van der Waals surface area contributed by atoms with Gasteiger partial charge in [-0.05, 0) is 25.5 Å². The molecule has 1 aliphatic heterocycles. The topological polar surface area (TPSA) is 97.6 Å². The Morgan fingerprint density at radius 2 is 1.89 bits per heavy atom. The van der Waals surface area contributed by atoms with E-state index in [0.29, 0.717) is 6.42 Å². The summed E-state index contributed by atoms with van der Waals surface area (Å²) in [4.78, 5) is 21.4. The van der Waals surface area contributed by atoms with E-state index in [4.69, 9.17) is 0 Å². The zero-order chi connectivity index (χ0) is 14.2. The minimum Gasteiger partial charge on any atom is -0.274 e. The van der Waals surface area contributed by atoms with Crippen LogP contribution in [0.15, 0.2) is 29.2 Å². The molecular formula is C11H12N2O5S. The molecule has 0 aromatic heterocycles. The van der Waals surface area contributed by atoms with Gasteiger partial charge in [-0.3, -0.25) is 14.9 Å². The highest BCUT2D eigenvalue weighted by Crippen LogP contribution is 2.27. The first kappa shape index (κ1) is 13.5. The average Bonchev–Trinajstić information content (AvgIpc) is 2.69. The normalized spacial score (nSPS) is 19.7. The van der Waals surface area contributed by atoms with E-state index >= 15 is 0 Å². The van der Waals surface area contributed by atoms with Gasteiger partial charge in [0.2, 0.25) is 5.91 Å². The Labute approximate surface area is 110 Å². The van der Waals surface area contributed by atoms with Gasteiger partial charge < -0.3 is 0 Å². The first-order chi connectivity index (χ1) is 8.84. The van der Waals surface area contributed by atoms with Crippen molar-refractivity contribution in [3.05, 3.63) is 34.4 Å². The summed E-state index contributed by atoms with van der Waals surface area (Å²) in [7, 11) is -3.92. The number of amides is 1. The summed E-state index contributed by atoms with van der Waals surface area (Å²) in [5, 5.41) is 10.5. The number of nitro benzene ring substituents is 1. The first-order valence-corrected chi connectivity index (χ1v) is 7.10. The molecule has 1 atom stereocenters. The van der Waals surface area contributed by atoms with Gasteiger partial charge in [-0.15, -0.1) is 0 Å². The fourth-order valence-electron chi connectivity index (χ4n) is 2.03. The Hall–Kier alpha value is -1.96. The van der Waals surface area contributed by atoms with E-state index in [0.717, 1.165) is 28.6 Å². The first-order valence-electron chi connectivity index (χ1n) is 5.66. The summed E-state index contributed by atoms with van der Waals surface area (Å²) in [5.41, 5.74) is -0.195. The standard InChI is InChI=1S/C11H12N2O5S/c1-8-2-7-11(14)12(8)19(17,18)10-5-3-9(4-6-10)13(15)16/h3-6,8H,2,7H2,1H3. The Kier molecular flexibility index (Phi) is 3.27. The number of hydrogen-bond acceptors (Lipinski definition) is 5. The molecular weight excluding hydrogens is 272 g/mol. The van der Waals surface area contributed by atoms with Crippen molar-refractivity contribution in [3.8, 4) is 0 Å². The van der Waals surface area contributed by atoms with Crippen molar-refractivity contribution in [1.29, 1.82) is 0 Å². The lowest BCUT2D eigenvalue weighted by Crippen LogP contribution is -2.37. The highest BCUT2D eigenvalue weighted by Gasteiger charge is 2.38. The van der Waals surface area contributed by atoms with Gasteiger partial charge in [0.05, 0.1) is 9.82 Å². The molecule has 102 valence electrons. The maximum Gasteiger partial charge on any atom is 0.269 e. The number of carbonyl (C=O) groups is 1. The van der Waals surface area contributed by atoms with Crippen LogP contribution in [0, 0.1) is 10.1 Å². The predicted octanol–water partition coefficient (Wildman–Crippen LogP) is 1.29. The molecule has 1 heterocycles. The molecule has 8 heteroatoms. The Bertz CT molecular complexity index is 623. The summed E-state index contributed by atoms with van der Waals surface area (Å²) < 4.78 is 25.4. The van der Waals surface area contributed by atoms with Crippen LogP contribution < -0.4 is 0 Å². The molecule has 1 aromatic carbocycles. The highest BCUT2D eigenvalue weighted by atomic mass is 32.2. The molecule has 1 amide bonds. The Morgan fingerprint density at radius 1 is 1.32 bits per heavy atom. The number of nitro groups is 1. The SMILES string of the molecule is CC1CCC(=O)N1S(=O)(=O)c1ccc([N+](=O)[O-])cc1. The van der Waals surface area contributed by atoms with Gasteiger partial charge in [0.25, 0.3) is 15.7 Å². The Balaban J connectivity index is 2.39. The van der Waals surface area contributed by atoms with E-state index in [-0.39, 0.29) is 23.0 Å². The number of carbonyl (C=O) groups excluding carboxylic acids is 1. The average molecular weight is 284 g/mol. The van der Waals surface area contributed by atoms with Crippen LogP contribution in [0.25, 0.3) is 0 Å². The smallest absolute Gasteiger partial charge is 0.269 e. The van der Waals surface area contributed by atoms with Crippen molar-refractivity contribution >= 4 is 21.6 Å². The van der Waals surface area contributed by atoms with E-state index < -0.39 is 20.9 Å². The van der Waals surface area contributed by atoms with Crippen LogP contribution in [0.3, 0.4) is 0 Å². The molecule has 0 radical (unpaired) electrons. The number of nitrogens with zero attached hydrogens (tertiary/aromatic N) is 2. The molecule has 0 saturated carbocycles. The van der Waals surface area contributed by atoms with Crippen molar-refractivity contribution in [1.82, 2.24) is 4.31 Å². The minimum absolute atomic E-state index is 0.111. The van der Waals surface area contributed by atoms with Crippen LogP contribution >= 0.6 is 0 Å². The molecule has 0 aliphatic carbocycles. The molecule has 0 bridgehead atoms. The van der Waals surface area contributed by atoms with Crippen LogP contribution in [-0.4, -0.2) is 29.6 Å². The third-order valence-corrected chi connectivity index (χ3v) is 4.98. The molecule has 2 rings (SSSR count). The van der Waals surface area contributed by atoms with Crippen molar-refractivity contribution in [3.63, 3.8) is 0 Å². The monoisotopic (exact) mass is 284 g/mol. The second kappa shape index (κ2) is 4.61. The summed E-state index contributed by atoms with van der Waals surface area (Å²) in [6.07, 6.45) is 0.693. The Morgan fingerprint density at radius 3 is 2.32 bits per heavy atom. The van der Waals surface area contributed by atoms with Gasteiger partial charge in [-0.2, -0.15) is 0 Å². The maximum atomic E-state index is 12.3. The summed E-state index contributed by atoms with van der Waals surface area (Å²) >= 11 is 0. The lowest BCUT2D eigenvalue weighted by molar-refractivity contribution is -0.384. The van der Waals surface area contributed by atoms with Gasteiger partial charge in [0, 0.05) is 24.6 Å². The molecule has 0 spiro atoms. The lowest BCUT2D eigenvalue weighted by atomic mass is 10.3. The number of non-ortho nitro benzene ring substituents is 1. The number of rotatable bonds is 3. The van der Waals surface area contributed by atoms with Gasteiger partial charge in [0.1, 0.15) is 0 Å². The molecule has 0 N–H and O–H groups in total. The molecule has 1 aliphatic rings. The van der Waals surface area contributed by atoms with Crippen LogP contribution in [-0.2, 0) is 14.8 Å². The summed E-state index contributed by atoms with van der Waals surface area (Å²) in [6, 6.07) is 4.13. The van der Waals surface area contributed by atoms with Crippen molar-refractivity contribution in [2.45, 2.75) is 30.7 Å². The van der Waals surface area contributed by atoms with Crippen molar-refractivity contribution < 1.29 is 18.1 Å². The zero-order valence-electron chi connectivity index (χ0n) is 10.1. The number of sulfonamides is 1. The van der Waals surface area contributed by atoms with Gasteiger partial charge in [0.15, 0.2) is 0 Å². The molecule has 1 fully saturated rings. The summed E-state index contributed by atoms with van der Waals surface area (Å²) in [6.45, 7) is 1.66. The quantitative estimate of drug-likeness (QED) is 0.615. The minimum atomic E-state index is -3.92. The maximum absolute atomic E-state index is 12.3. The van der Waals surface area contributed by atoms with E-state index in [1.165, 1.54) is 0 Å². The number of hydrogen-bond donors (Lipinski definition) is 0. The fraction of sp³-hybridized carbons (Fsp3) is 0.364. The third kappa shape index (κ3) is 2.30. The van der Waals surface area contributed by atoms with E-state index in [1.54, 1.807) is 6.92 Å². The van der Waals surface area contributed by atoms with Gasteiger partial charge in [-0.1, -0.05) is 0 Å². The summed E-state index contributed by atoms with van der Waals surface area (Å²) in [5.74, 6) is -0.439. The second-order valence-corrected chi connectivity index (χ2v) is 6.15. The second-order valence-electron chi connectivity index (χ2n) is 4.33. The van der Waals surface area contributed by atoms with E-state index in [9.17, 15) is 23.3 Å². The van der Waals surface area contributed by atoms with Crippen LogP contribution in [0.4, 0.5) is 5.69 Å². The van der Waals surface area contributed by atoms with Gasteiger partial charge >= 0.3 is 0 Å².